The molecule has 6 heteroatoms. The molecule has 0 unspecified atom stereocenters. The molecule has 2 heterocycles. The molecule has 3 aromatic rings. The van der Waals surface area contributed by atoms with Crippen molar-refractivity contribution < 1.29 is 0 Å². The molecule has 0 saturated heterocycles. The van der Waals surface area contributed by atoms with Gasteiger partial charge in [-0.3, -0.25) is 14.8 Å². The van der Waals surface area contributed by atoms with Crippen LogP contribution in [0.3, 0.4) is 0 Å². The molecule has 6 nitrogen and oxygen atoms in total. The highest BCUT2D eigenvalue weighted by molar-refractivity contribution is 6.04. The first-order valence-electron chi connectivity index (χ1n) is 4.97. The Kier molecular flexibility index (Phi) is 1.79. The molecule has 17 heavy (non-hydrogen) atoms. The number of pyridine rings is 1. The van der Waals surface area contributed by atoms with Gasteiger partial charge in [0.2, 0.25) is 0 Å². The van der Waals surface area contributed by atoms with E-state index in [4.69, 9.17) is 5.73 Å². The SMILES string of the molecule is Nc1c2ccccc2nc2[nH]c(=O)[nH]c(=O)c12. The fraction of sp³-hybridized carbons (Fsp3) is 0. The third kappa shape index (κ3) is 1.31. The van der Waals surface area contributed by atoms with Crippen molar-refractivity contribution in [1.29, 1.82) is 0 Å². The molecule has 2 aromatic heterocycles. The molecule has 0 radical (unpaired) electrons. The molecule has 0 atom stereocenters. The summed E-state index contributed by atoms with van der Waals surface area (Å²) >= 11 is 0. The Hall–Kier alpha value is -2.63. The van der Waals surface area contributed by atoms with Gasteiger partial charge in [0.05, 0.1) is 11.2 Å². The number of H-pyrrole nitrogens is 2. The van der Waals surface area contributed by atoms with Crippen LogP contribution >= 0.6 is 0 Å². The highest BCUT2D eigenvalue weighted by atomic mass is 16.2. The van der Waals surface area contributed by atoms with Gasteiger partial charge < -0.3 is 5.73 Å². The van der Waals surface area contributed by atoms with Crippen LogP contribution in [0.4, 0.5) is 5.69 Å². The van der Waals surface area contributed by atoms with Gasteiger partial charge in [-0.1, -0.05) is 18.2 Å². The van der Waals surface area contributed by atoms with Crippen molar-refractivity contribution in [3.8, 4) is 0 Å². The average Bonchev–Trinajstić information content (AvgIpc) is 2.28. The number of nitrogens with one attached hydrogen (secondary N) is 2. The second kappa shape index (κ2) is 3.18. The summed E-state index contributed by atoms with van der Waals surface area (Å²) < 4.78 is 0. The Morgan fingerprint density at radius 3 is 2.71 bits per heavy atom. The van der Waals surface area contributed by atoms with E-state index >= 15 is 0 Å². The zero-order valence-corrected chi connectivity index (χ0v) is 8.65. The third-order valence-corrected chi connectivity index (χ3v) is 2.62. The van der Waals surface area contributed by atoms with E-state index in [0.717, 1.165) is 0 Å². The molecular formula is C11H8N4O2. The van der Waals surface area contributed by atoms with Gasteiger partial charge in [-0.15, -0.1) is 0 Å². The summed E-state index contributed by atoms with van der Waals surface area (Å²) in [7, 11) is 0. The van der Waals surface area contributed by atoms with E-state index in [2.05, 4.69) is 15.0 Å². The van der Waals surface area contributed by atoms with Crippen LogP contribution in [-0.4, -0.2) is 15.0 Å². The van der Waals surface area contributed by atoms with Crippen LogP contribution in [0.25, 0.3) is 21.9 Å². The minimum atomic E-state index is -0.593. The molecule has 0 aliphatic carbocycles. The number of para-hydroxylation sites is 1. The summed E-state index contributed by atoms with van der Waals surface area (Å²) in [6.45, 7) is 0. The maximum Gasteiger partial charge on any atom is 0.327 e. The van der Waals surface area contributed by atoms with Crippen LogP contribution in [-0.2, 0) is 0 Å². The van der Waals surface area contributed by atoms with E-state index < -0.39 is 11.2 Å². The van der Waals surface area contributed by atoms with Crippen LogP contribution in [0.5, 0.6) is 0 Å². The average molecular weight is 228 g/mol. The molecule has 3 rings (SSSR count). The molecule has 0 fully saturated rings. The van der Waals surface area contributed by atoms with Gasteiger partial charge >= 0.3 is 5.69 Å². The summed E-state index contributed by atoms with van der Waals surface area (Å²) in [5.41, 5.74) is 5.97. The number of aromatic nitrogens is 3. The van der Waals surface area contributed by atoms with Gasteiger partial charge in [0, 0.05) is 5.39 Å². The zero-order chi connectivity index (χ0) is 12.0. The summed E-state index contributed by atoms with van der Waals surface area (Å²) in [5.74, 6) is 0. The normalized spacial score (nSPS) is 11.1. The van der Waals surface area contributed by atoms with Crippen LogP contribution in [0.2, 0.25) is 0 Å². The predicted octanol–water partition coefficient (Wildman–Crippen LogP) is 0.347. The lowest BCUT2D eigenvalue weighted by Crippen LogP contribution is -2.23. The third-order valence-electron chi connectivity index (χ3n) is 2.62. The lowest BCUT2D eigenvalue weighted by molar-refractivity contribution is 1.07. The zero-order valence-electron chi connectivity index (χ0n) is 8.65. The van der Waals surface area contributed by atoms with Crippen molar-refractivity contribution in [1.82, 2.24) is 15.0 Å². The van der Waals surface area contributed by atoms with E-state index in [9.17, 15) is 9.59 Å². The van der Waals surface area contributed by atoms with Crippen molar-refractivity contribution in [2.45, 2.75) is 0 Å². The van der Waals surface area contributed by atoms with Gasteiger partial charge in [-0.05, 0) is 6.07 Å². The minimum absolute atomic E-state index is 0.204. The van der Waals surface area contributed by atoms with Gasteiger partial charge in [0.1, 0.15) is 11.0 Å². The van der Waals surface area contributed by atoms with Crippen LogP contribution in [0.15, 0.2) is 33.9 Å². The molecule has 0 bridgehead atoms. The molecule has 4 N–H and O–H groups in total. The lowest BCUT2D eigenvalue weighted by atomic mass is 10.1. The Balaban J connectivity index is 2.69. The van der Waals surface area contributed by atoms with E-state index in [0.29, 0.717) is 16.6 Å². The quantitative estimate of drug-likeness (QED) is 0.483. The first kappa shape index (κ1) is 9.59. The maximum absolute atomic E-state index is 11.7. The van der Waals surface area contributed by atoms with E-state index in [-0.39, 0.29) is 11.0 Å². The topological polar surface area (TPSA) is 105 Å². The lowest BCUT2D eigenvalue weighted by Gasteiger charge is -2.04. The summed E-state index contributed by atoms with van der Waals surface area (Å²) in [6, 6.07) is 7.17. The molecule has 0 spiro atoms. The second-order valence-corrected chi connectivity index (χ2v) is 3.67. The summed E-state index contributed by atoms with van der Waals surface area (Å²) in [6.07, 6.45) is 0. The molecule has 0 aliphatic rings. The maximum atomic E-state index is 11.7. The van der Waals surface area contributed by atoms with Gasteiger partial charge in [-0.2, -0.15) is 0 Å². The van der Waals surface area contributed by atoms with Crippen LogP contribution in [0.1, 0.15) is 0 Å². The fourth-order valence-corrected chi connectivity index (χ4v) is 1.86. The molecule has 0 amide bonds. The van der Waals surface area contributed by atoms with Gasteiger partial charge in [-0.25, -0.2) is 9.78 Å². The number of nitrogen functional groups attached to an aromatic ring is 1. The van der Waals surface area contributed by atoms with Crippen molar-refractivity contribution in [3.63, 3.8) is 0 Å². The largest absolute Gasteiger partial charge is 0.397 e. The Labute approximate surface area is 94.1 Å². The minimum Gasteiger partial charge on any atom is -0.397 e. The number of benzene rings is 1. The standard InChI is InChI=1S/C11H8N4O2/c12-8-5-3-1-2-4-6(5)13-9-7(8)10(16)15-11(17)14-9/h1-4H,(H4,12,13,14,15,16,17). The molecule has 1 aromatic carbocycles. The van der Waals surface area contributed by atoms with E-state index in [1.54, 1.807) is 12.1 Å². The van der Waals surface area contributed by atoms with E-state index in [1.807, 2.05) is 12.1 Å². The summed E-state index contributed by atoms with van der Waals surface area (Å²) in [5, 5.41) is 0.904. The number of aromatic amines is 2. The van der Waals surface area contributed by atoms with Crippen LogP contribution in [0, 0.1) is 0 Å². The first-order chi connectivity index (χ1) is 8.16. The highest BCUT2D eigenvalue weighted by Gasteiger charge is 2.09. The number of hydrogen-bond acceptors (Lipinski definition) is 4. The molecule has 84 valence electrons. The molecular weight excluding hydrogens is 220 g/mol. The van der Waals surface area contributed by atoms with Gasteiger partial charge in [0.25, 0.3) is 5.56 Å². The number of rotatable bonds is 0. The second-order valence-electron chi connectivity index (χ2n) is 3.67. The fourth-order valence-electron chi connectivity index (χ4n) is 1.86. The monoisotopic (exact) mass is 228 g/mol. The Bertz CT molecular complexity index is 847. The number of nitrogens with two attached hydrogens (primary N) is 1. The van der Waals surface area contributed by atoms with Crippen molar-refractivity contribution in [3.05, 3.63) is 45.1 Å². The van der Waals surface area contributed by atoms with Crippen LogP contribution < -0.4 is 17.0 Å². The highest BCUT2D eigenvalue weighted by Crippen LogP contribution is 2.23. The smallest absolute Gasteiger partial charge is 0.327 e. The van der Waals surface area contributed by atoms with E-state index in [1.165, 1.54) is 0 Å². The number of nitrogens with zero attached hydrogens (tertiary/aromatic N) is 1. The number of fused-ring (bicyclic) bond motifs is 2. The Morgan fingerprint density at radius 1 is 1.12 bits per heavy atom. The van der Waals surface area contributed by atoms with Gasteiger partial charge in [0.15, 0.2) is 0 Å². The molecule has 0 aliphatic heterocycles. The first-order valence-corrected chi connectivity index (χ1v) is 4.97. The predicted molar refractivity (Wildman–Crippen MR) is 64.9 cm³/mol. The molecule has 0 saturated carbocycles. The van der Waals surface area contributed by atoms with Crippen molar-refractivity contribution >= 4 is 27.6 Å². The Morgan fingerprint density at radius 2 is 1.88 bits per heavy atom. The van der Waals surface area contributed by atoms with Crippen molar-refractivity contribution in [2.24, 2.45) is 0 Å². The number of anilines is 1. The summed E-state index contributed by atoms with van der Waals surface area (Å²) in [4.78, 5) is 31.6. The van der Waals surface area contributed by atoms with Crippen molar-refractivity contribution in [2.75, 3.05) is 5.73 Å². The number of hydrogen-bond donors (Lipinski definition) is 3.